The first-order valence-electron chi connectivity index (χ1n) is 12.3. The van der Waals surface area contributed by atoms with Crippen LogP contribution in [-0.4, -0.2) is 45.7 Å². The second kappa shape index (κ2) is 9.41. The summed E-state index contributed by atoms with van der Waals surface area (Å²) in [6, 6.07) is 10.4. The highest BCUT2D eigenvalue weighted by Gasteiger charge is 2.56. The maximum Gasteiger partial charge on any atom is 0.488 e. The lowest BCUT2D eigenvalue weighted by Crippen LogP contribution is -2.39. The normalized spacial score (nSPS) is 26.2. The summed E-state index contributed by atoms with van der Waals surface area (Å²) in [6.07, 6.45) is 3.46. The average Bonchev–Trinajstić information content (AvgIpc) is 3.16. The minimum absolute atomic E-state index is 0.0564. The van der Waals surface area contributed by atoms with E-state index in [1.807, 2.05) is 6.08 Å². The van der Waals surface area contributed by atoms with Crippen molar-refractivity contribution in [2.24, 2.45) is 17.8 Å². The van der Waals surface area contributed by atoms with E-state index in [1.54, 1.807) is 12.1 Å². The van der Waals surface area contributed by atoms with Gasteiger partial charge in [0.1, 0.15) is 5.75 Å². The topological polar surface area (TPSA) is 132 Å². The van der Waals surface area contributed by atoms with Gasteiger partial charge in [-0.2, -0.15) is 0 Å². The van der Waals surface area contributed by atoms with Crippen LogP contribution < -0.4 is 10.4 Å². The van der Waals surface area contributed by atoms with E-state index in [-0.39, 0.29) is 62.0 Å². The second-order valence-electron chi connectivity index (χ2n) is 10.1. The fourth-order valence-corrected chi connectivity index (χ4v) is 7.12. The number of Topliss-reactive ketones (excluding diaryl/α,β-unsaturated/α-hetero) is 1. The number of allylic oxidation sites excluding steroid dienone is 6. The molecule has 4 unspecified atom stereocenters. The monoisotopic (exact) mass is 607 g/mol. The number of phenolic OH excluding ortho intramolecular Hbond substituents is 1. The standard InChI is InChI=1S/C28H20BBrClNO7/c30-20-11-22(34)25-19(26(20)35)10-18-15(23(25)16-5-4-14(33)9-21(16)31)6-7-17-24(18)28(37)32(27(17)36)13-3-1-2-12(8-13)29(38)39/h1-6,8-9,11,17-18,23-24,33,38-39H,7,10H2. The molecule has 8 nitrogen and oxygen atoms in total. The Hall–Kier alpha value is -3.31. The van der Waals surface area contributed by atoms with Gasteiger partial charge >= 0.3 is 7.12 Å². The minimum Gasteiger partial charge on any atom is -0.508 e. The first-order valence-corrected chi connectivity index (χ1v) is 13.5. The van der Waals surface area contributed by atoms with Gasteiger partial charge in [-0.05, 0) is 70.0 Å². The Morgan fingerprint density at radius 2 is 1.77 bits per heavy atom. The lowest BCUT2D eigenvalue weighted by molar-refractivity contribution is -0.123. The third kappa shape index (κ3) is 3.97. The number of hydrogen-bond acceptors (Lipinski definition) is 7. The molecule has 0 aromatic heterocycles. The summed E-state index contributed by atoms with van der Waals surface area (Å²) < 4.78 is 0.122. The maximum absolute atomic E-state index is 13.9. The molecule has 0 radical (unpaired) electrons. The first kappa shape index (κ1) is 25.9. The van der Waals surface area contributed by atoms with Crippen LogP contribution in [0.25, 0.3) is 0 Å². The van der Waals surface area contributed by atoms with Gasteiger partial charge < -0.3 is 15.2 Å². The lowest BCUT2D eigenvalue weighted by atomic mass is 9.59. The number of ketones is 2. The highest BCUT2D eigenvalue weighted by Crippen LogP contribution is 2.56. The highest BCUT2D eigenvalue weighted by molar-refractivity contribution is 9.12. The Morgan fingerprint density at radius 1 is 1.00 bits per heavy atom. The van der Waals surface area contributed by atoms with Gasteiger partial charge in [0.05, 0.1) is 22.0 Å². The zero-order valence-electron chi connectivity index (χ0n) is 20.2. The van der Waals surface area contributed by atoms with Crippen molar-refractivity contribution in [3.8, 4) is 5.75 Å². The largest absolute Gasteiger partial charge is 0.508 e. The number of phenols is 1. The molecule has 6 rings (SSSR count). The number of benzene rings is 2. The number of fused-ring (bicyclic) bond motifs is 3. The van der Waals surface area contributed by atoms with Crippen LogP contribution in [-0.2, 0) is 19.2 Å². The third-order valence-corrected chi connectivity index (χ3v) is 8.97. The van der Waals surface area contributed by atoms with Crippen molar-refractivity contribution in [1.82, 2.24) is 0 Å². The maximum atomic E-state index is 13.9. The summed E-state index contributed by atoms with van der Waals surface area (Å²) in [6.45, 7) is 0. The molecule has 1 saturated heterocycles. The van der Waals surface area contributed by atoms with Crippen LogP contribution in [0, 0.1) is 17.8 Å². The molecule has 1 aliphatic heterocycles. The zero-order chi connectivity index (χ0) is 27.7. The summed E-state index contributed by atoms with van der Waals surface area (Å²) in [7, 11) is -1.77. The van der Waals surface area contributed by atoms with Crippen LogP contribution in [0.3, 0.4) is 0 Å². The number of rotatable bonds is 3. The number of hydrogen-bond donors (Lipinski definition) is 3. The van der Waals surface area contributed by atoms with Crippen LogP contribution in [0.4, 0.5) is 5.69 Å². The summed E-state index contributed by atoms with van der Waals surface area (Å²) in [5.74, 6) is -4.37. The number of amides is 2. The molecule has 0 saturated carbocycles. The van der Waals surface area contributed by atoms with Gasteiger partial charge in [0.25, 0.3) is 0 Å². The molecule has 2 aromatic carbocycles. The molecular formula is C28H20BBrClNO7. The second-order valence-corrected chi connectivity index (χ2v) is 11.3. The fraction of sp³-hybridized carbons (Fsp3) is 0.214. The number of nitrogens with zero attached hydrogens (tertiary/aromatic N) is 1. The molecule has 3 aliphatic carbocycles. The van der Waals surface area contributed by atoms with E-state index in [0.29, 0.717) is 5.56 Å². The molecular weight excluding hydrogens is 588 g/mol. The van der Waals surface area contributed by atoms with E-state index in [0.717, 1.165) is 10.5 Å². The van der Waals surface area contributed by atoms with Gasteiger partial charge in [-0.15, -0.1) is 0 Å². The van der Waals surface area contributed by atoms with E-state index in [1.165, 1.54) is 36.4 Å². The van der Waals surface area contributed by atoms with Crippen LogP contribution in [0.1, 0.15) is 24.3 Å². The first-order chi connectivity index (χ1) is 18.6. The van der Waals surface area contributed by atoms with Crippen LogP contribution in [0.2, 0.25) is 5.02 Å². The van der Waals surface area contributed by atoms with E-state index < -0.39 is 42.6 Å². The number of imide groups is 1. The molecule has 2 aromatic rings. The minimum atomic E-state index is -1.77. The van der Waals surface area contributed by atoms with Gasteiger partial charge in [-0.1, -0.05) is 41.4 Å². The van der Waals surface area contributed by atoms with Gasteiger partial charge in [-0.25, -0.2) is 0 Å². The van der Waals surface area contributed by atoms with E-state index in [2.05, 4.69) is 15.9 Å². The average molecular weight is 609 g/mol. The summed E-state index contributed by atoms with van der Waals surface area (Å²) in [5.41, 5.74) is 2.18. The van der Waals surface area contributed by atoms with E-state index >= 15 is 0 Å². The SMILES string of the molecule is O=C1C=C(Br)C(=O)C2=C1C(c1ccc(O)cc1Cl)C1=CCC3C(=O)N(c4cccc(B(O)O)c4)C(=O)C3C1C2. The highest BCUT2D eigenvalue weighted by atomic mass is 79.9. The van der Waals surface area contributed by atoms with Gasteiger partial charge in [0, 0.05) is 28.2 Å². The van der Waals surface area contributed by atoms with Crippen LogP contribution >= 0.6 is 27.5 Å². The molecule has 4 aliphatic rings. The predicted molar refractivity (Wildman–Crippen MR) is 146 cm³/mol. The molecule has 196 valence electrons. The van der Waals surface area contributed by atoms with Crippen molar-refractivity contribution in [3.63, 3.8) is 0 Å². The van der Waals surface area contributed by atoms with Crippen molar-refractivity contribution in [1.29, 1.82) is 0 Å². The Bertz CT molecular complexity index is 1600. The van der Waals surface area contributed by atoms with Crippen molar-refractivity contribution in [3.05, 3.63) is 86.4 Å². The fourth-order valence-electron chi connectivity index (χ4n) is 6.39. The quantitative estimate of drug-likeness (QED) is 0.211. The number of carbonyl (C=O) groups is 4. The summed E-state index contributed by atoms with van der Waals surface area (Å²) in [5, 5.41) is 29.3. The predicted octanol–water partition coefficient (Wildman–Crippen LogP) is 2.69. The van der Waals surface area contributed by atoms with Crippen molar-refractivity contribution in [2.75, 3.05) is 4.90 Å². The van der Waals surface area contributed by atoms with Crippen molar-refractivity contribution in [2.45, 2.75) is 18.8 Å². The summed E-state index contributed by atoms with van der Waals surface area (Å²) >= 11 is 9.74. The Labute approximate surface area is 236 Å². The summed E-state index contributed by atoms with van der Waals surface area (Å²) in [4.78, 5) is 55.1. The smallest absolute Gasteiger partial charge is 0.488 e. The molecule has 2 amide bonds. The van der Waals surface area contributed by atoms with Gasteiger partial charge in [0.2, 0.25) is 11.8 Å². The molecule has 1 fully saturated rings. The molecule has 11 heteroatoms. The molecule has 0 bridgehead atoms. The molecule has 0 spiro atoms. The third-order valence-electron chi connectivity index (χ3n) is 8.05. The van der Waals surface area contributed by atoms with Crippen LogP contribution in [0.15, 0.2) is 75.8 Å². The Kier molecular flexibility index (Phi) is 6.26. The molecule has 4 atom stereocenters. The number of carbonyl (C=O) groups excluding carboxylic acids is 4. The number of aromatic hydroxyl groups is 1. The lowest BCUT2D eigenvalue weighted by Gasteiger charge is -2.42. The van der Waals surface area contributed by atoms with E-state index in [9.17, 15) is 34.3 Å². The molecule has 3 N–H and O–H groups in total. The number of halogens is 2. The molecule has 39 heavy (non-hydrogen) atoms. The van der Waals surface area contributed by atoms with E-state index in [4.69, 9.17) is 11.6 Å². The Balaban J connectivity index is 1.48. The van der Waals surface area contributed by atoms with Crippen molar-refractivity contribution < 1.29 is 34.3 Å². The number of anilines is 1. The van der Waals surface area contributed by atoms with Crippen LogP contribution in [0.5, 0.6) is 5.75 Å². The van der Waals surface area contributed by atoms with Crippen molar-refractivity contribution >= 4 is 69.2 Å². The van der Waals surface area contributed by atoms with Gasteiger partial charge in [-0.3, -0.25) is 24.1 Å². The zero-order valence-corrected chi connectivity index (χ0v) is 22.5. The Morgan fingerprint density at radius 3 is 2.49 bits per heavy atom. The van der Waals surface area contributed by atoms with Gasteiger partial charge in [0.15, 0.2) is 11.6 Å². The molecule has 1 heterocycles.